The van der Waals surface area contributed by atoms with Crippen molar-refractivity contribution < 1.29 is 18.8 Å². The molecule has 2 aromatic heterocycles. The van der Waals surface area contributed by atoms with E-state index in [2.05, 4.69) is 15.5 Å². The largest absolute Gasteiger partial charge is 0.452 e. The number of thiophene rings is 1. The van der Waals surface area contributed by atoms with Crippen LogP contribution in [-0.4, -0.2) is 22.0 Å². The zero-order chi connectivity index (χ0) is 20.4. The molecule has 8 heteroatoms. The predicted octanol–water partition coefficient (Wildman–Crippen LogP) is 4.30. The number of aryl methyl sites for hydroxylation is 2. The summed E-state index contributed by atoms with van der Waals surface area (Å²) in [7, 11) is 0. The second-order valence-electron chi connectivity index (χ2n) is 7.00. The lowest BCUT2D eigenvalue weighted by molar-refractivity contribution is -0.114. The summed E-state index contributed by atoms with van der Waals surface area (Å²) in [6.07, 6.45) is 3.84. The van der Waals surface area contributed by atoms with Crippen LogP contribution in [0.2, 0.25) is 0 Å². The second kappa shape index (κ2) is 8.16. The summed E-state index contributed by atoms with van der Waals surface area (Å²) in [6, 6.07) is 7.72. The highest BCUT2D eigenvalue weighted by molar-refractivity contribution is 7.17. The summed E-state index contributed by atoms with van der Waals surface area (Å²) < 4.78 is 10.7. The summed E-state index contributed by atoms with van der Waals surface area (Å²) in [5, 5.41) is 7.31. The number of benzene rings is 1. The Morgan fingerprint density at radius 3 is 2.83 bits per heavy atom. The van der Waals surface area contributed by atoms with Crippen LogP contribution in [0.5, 0.6) is 0 Å². The fourth-order valence-electron chi connectivity index (χ4n) is 3.48. The van der Waals surface area contributed by atoms with Gasteiger partial charge in [0, 0.05) is 17.4 Å². The molecule has 0 fully saturated rings. The van der Waals surface area contributed by atoms with Crippen molar-refractivity contribution in [3.05, 3.63) is 51.7 Å². The van der Waals surface area contributed by atoms with Crippen molar-refractivity contribution in [1.82, 2.24) is 10.1 Å². The molecule has 0 unspecified atom stereocenters. The number of hydrogen-bond acceptors (Lipinski definition) is 7. The standard InChI is InChI=1S/C21H21N3O4S/c1-12-7-3-4-8-14(12)19-23-17(28-24-19)11-27-21(26)18-15-9-5-6-10-16(15)29-20(18)22-13(2)25/h3-4,7-8H,5-6,9-11H2,1-2H3,(H,22,25). The van der Waals surface area contributed by atoms with Gasteiger partial charge >= 0.3 is 5.97 Å². The number of amides is 1. The molecule has 0 spiro atoms. The highest BCUT2D eigenvalue weighted by atomic mass is 32.1. The van der Waals surface area contributed by atoms with E-state index in [1.807, 2.05) is 31.2 Å². The number of nitrogens with one attached hydrogen (secondary N) is 1. The minimum Gasteiger partial charge on any atom is -0.452 e. The van der Waals surface area contributed by atoms with Gasteiger partial charge < -0.3 is 14.6 Å². The average molecular weight is 411 g/mol. The van der Waals surface area contributed by atoms with E-state index in [1.165, 1.54) is 18.3 Å². The normalized spacial score (nSPS) is 13.0. The number of nitrogens with zero attached hydrogens (tertiary/aromatic N) is 2. The maximum atomic E-state index is 12.8. The molecule has 0 saturated heterocycles. The first kappa shape index (κ1) is 19.3. The SMILES string of the molecule is CC(=O)Nc1sc2c(c1C(=O)OCc1nc(-c3ccccc3C)no1)CCCC2. The van der Waals surface area contributed by atoms with Crippen molar-refractivity contribution >= 4 is 28.2 Å². The van der Waals surface area contributed by atoms with E-state index in [4.69, 9.17) is 9.26 Å². The third-order valence-electron chi connectivity index (χ3n) is 4.85. The van der Waals surface area contributed by atoms with Crippen molar-refractivity contribution in [3.8, 4) is 11.4 Å². The molecule has 7 nitrogen and oxygen atoms in total. The van der Waals surface area contributed by atoms with E-state index >= 15 is 0 Å². The van der Waals surface area contributed by atoms with Crippen LogP contribution < -0.4 is 5.32 Å². The highest BCUT2D eigenvalue weighted by Crippen LogP contribution is 2.38. The molecule has 29 heavy (non-hydrogen) atoms. The second-order valence-corrected chi connectivity index (χ2v) is 8.10. The zero-order valence-electron chi connectivity index (χ0n) is 16.3. The van der Waals surface area contributed by atoms with Crippen molar-refractivity contribution in [2.24, 2.45) is 0 Å². The molecule has 0 aliphatic heterocycles. The Morgan fingerprint density at radius 2 is 2.03 bits per heavy atom. The van der Waals surface area contributed by atoms with Gasteiger partial charge in [-0.15, -0.1) is 11.3 Å². The highest BCUT2D eigenvalue weighted by Gasteiger charge is 2.27. The molecule has 150 valence electrons. The molecule has 1 aromatic carbocycles. The number of esters is 1. The molecule has 1 aliphatic rings. The Morgan fingerprint density at radius 1 is 1.24 bits per heavy atom. The van der Waals surface area contributed by atoms with Gasteiger partial charge in [0.2, 0.25) is 11.7 Å². The molecule has 3 aromatic rings. The van der Waals surface area contributed by atoms with Crippen LogP contribution in [-0.2, 0) is 29.0 Å². The van der Waals surface area contributed by atoms with Gasteiger partial charge in [-0.3, -0.25) is 4.79 Å². The van der Waals surface area contributed by atoms with E-state index in [0.29, 0.717) is 16.4 Å². The summed E-state index contributed by atoms with van der Waals surface area (Å²) in [6.45, 7) is 3.27. The summed E-state index contributed by atoms with van der Waals surface area (Å²) in [5.41, 5.74) is 3.34. The minimum atomic E-state index is -0.483. The van der Waals surface area contributed by atoms with Crippen molar-refractivity contribution in [2.75, 3.05) is 5.32 Å². The Labute approximate surface area is 172 Å². The van der Waals surface area contributed by atoms with Crippen LogP contribution in [0.1, 0.15) is 52.0 Å². The van der Waals surface area contributed by atoms with Crippen molar-refractivity contribution in [1.29, 1.82) is 0 Å². The minimum absolute atomic E-state index is 0.123. The molecule has 2 heterocycles. The van der Waals surface area contributed by atoms with Crippen LogP contribution in [0.3, 0.4) is 0 Å². The predicted molar refractivity (Wildman–Crippen MR) is 109 cm³/mol. The molecule has 1 N–H and O–H groups in total. The lowest BCUT2D eigenvalue weighted by Crippen LogP contribution is -2.13. The summed E-state index contributed by atoms with van der Waals surface area (Å²) in [5.74, 6) is -0.0102. The monoisotopic (exact) mass is 411 g/mol. The topological polar surface area (TPSA) is 94.3 Å². The van der Waals surface area contributed by atoms with Crippen molar-refractivity contribution in [3.63, 3.8) is 0 Å². The number of rotatable bonds is 5. The molecule has 0 saturated carbocycles. The van der Waals surface area contributed by atoms with Gasteiger partial charge in [0.15, 0.2) is 6.61 Å². The van der Waals surface area contributed by atoms with E-state index in [0.717, 1.165) is 47.3 Å². The van der Waals surface area contributed by atoms with Gasteiger partial charge in [-0.05, 0) is 43.7 Å². The van der Waals surface area contributed by atoms with E-state index in [1.54, 1.807) is 0 Å². The first-order chi connectivity index (χ1) is 14.0. The number of fused-ring (bicyclic) bond motifs is 1. The van der Waals surface area contributed by atoms with E-state index < -0.39 is 5.97 Å². The Kier molecular flexibility index (Phi) is 5.44. The molecule has 0 radical (unpaired) electrons. The van der Waals surface area contributed by atoms with Gasteiger partial charge in [-0.25, -0.2) is 4.79 Å². The van der Waals surface area contributed by atoms with Crippen LogP contribution >= 0.6 is 11.3 Å². The maximum absolute atomic E-state index is 12.8. The fourth-order valence-corrected chi connectivity index (χ4v) is 4.80. The zero-order valence-corrected chi connectivity index (χ0v) is 17.1. The first-order valence-electron chi connectivity index (χ1n) is 9.50. The third-order valence-corrected chi connectivity index (χ3v) is 6.05. The molecule has 0 bridgehead atoms. The maximum Gasteiger partial charge on any atom is 0.341 e. The Bertz CT molecular complexity index is 1070. The first-order valence-corrected chi connectivity index (χ1v) is 10.3. The van der Waals surface area contributed by atoms with Crippen LogP contribution in [0, 0.1) is 6.92 Å². The number of carbonyl (C=O) groups excluding carboxylic acids is 2. The van der Waals surface area contributed by atoms with E-state index in [9.17, 15) is 9.59 Å². The lowest BCUT2D eigenvalue weighted by Gasteiger charge is -2.12. The average Bonchev–Trinajstić information content (AvgIpc) is 3.30. The summed E-state index contributed by atoms with van der Waals surface area (Å²) in [4.78, 5) is 29.9. The molecule has 1 aliphatic carbocycles. The number of aromatic nitrogens is 2. The number of ether oxygens (including phenoxy) is 1. The van der Waals surface area contributed by atoms with Crippen LogP contribution in [0.25, 0.3) is 11.4 Å². The van der Waals surface area contributed by atoms with E-state index in [-0.39, 0.29) is 18.4 Å². The van der Waals surface area contributed by atoms with Crippen LogP contribution in [0.15, 0.2) is 28.8 Å². The van der Waals surface area contributed by atoms with Crippen LogP contribution in [0.4, 0.5) is 5.00 Å². The third kappa shape index (κ3) is 4.07. The Balaban J connectivity index is 1.51. The lowest BCUT2D eigenvalue weighted by atomic mass is 9.95. The molecular formula is C21H21N3O4S. The quantitative estimate of drug-likeness (QED) is 0.629. The summed E-state index contributed by atoms with van der Waals surface area (Å²) >= 11 is 1.46. The van der Waals surface area contributed by atoms with Gasteiger partial charge in [0.25, 0.3) is 5.89 Å². The number of hydrogen-bond donors (Lipinski definition) is 1. The molecule has 1 amide bonds. The molecule has 4 rings (SSSR count). The van der Waals surface area contributed by atoms with Gasteiger partial charge in [-0.1, -0.05) is 29.4 Å². The Hall–Kier alpha value is -3.00. The van der Waals surface area contributed by atoms with Gasteiger partial charge in [-0.2, -0.15) is 4.98 Å². The number of carbonyl (C=O) groups is 2. The smallest absolute Gasteiger partial charge is 0.341 e. The van der Waals surface area contributed by atoms with Gasteiger partial charge in [0.05, 0.1) is 5.56 Å². The van der Waals surface area contributed by atoms with Crippen molar-refractivity contribution in [2.45, 2.75) is 46.1 Å². The molecule has 0 atom stereocenters. The number of anilines is 1. The fraction of sp³-hybridized carbons (Fsp3) is 0.333. The molecular weight excluding hydrogens is 390 g/mol. The van der Waals surface area contributed by atoms with Gasteiger partial charge in [0.1, 0.15) is 5.00 Å².